The largest absolute Gasteiger partial charge is 0.382 e. The Balaban J connectivity index is 0.000000139. The number of fused-ring (bicyclic) bond motifs is 5. The van der Waals surface area contributed by atoms with Crippen molar-refractivity contribution in [3.8, 4) is 28.4 Å². The number of carbonyl (C=O) groups excluding carboxylic acids is 3. The van der Waals surface area contributed by atoms with Crippen LogP contribution in [0.5, 0.6) is 0 Å². The van der Waals surface area contributed by atoms with Crippen molar-refractivity contribution >= 4 is 196 Å². The number of allylic oxidation sites excluding steroid dienone is 1. The first-order valence-electron chi connectivity index (χ1n) is 45.9. The Labute approximate surface area is 876 Å². The molecular formula is C106H104Cl5N31O6. The average Bonchev–Trinajstić information content (AvgIpc) is 1.61. The summed E-state index contributed by atoms with van der Waals surface area (Å²) in [7, 11) is 5.40. The summed E-state index contributed by atoms with van der Waals surface area (Å²) in [4.78, 5) is 143. The van der Waals surface area contributed by atoms with Gasteiger partial charge in [0.2, 0.25) is 11.8 Å². The summed E-state index contributed by atoms with van der Waals surface area (Å²) in [5, 5.41) is 2.98. The second kappa shape index (κ2) is 46.2. The first-order chi connectivity index (χ1) is 70.6. The quantitative estimate of drug-likeness (QED) is 0.0469. The first-order valence-corrected chi connectivity index (χ1v) is 47.8. The van der Waals surface area contributed by atoms with Crippen molar-refractivity contribution in [1.29, 1.82) is 0 Å². The van der Waals surface area contributed by atoms with Gasteiger partial charge in [0.25, 0.3) is 5.91 Å². The average molecular weight is 2090 g/mol. The number of para-hydroxylation sites is 1. The summed E-state index contributed by atoms with van der Waals surface area (Å²) in [6.45, 7) is 15.7. The monoisotopic (exact) mass is 2080 g/mol. The Kier molecular flexibility index (Phi) is 32.8. The highest BCUT2D eigenvalue weighted by Gasteiger charge is 2.39. The zero-order valence-corrected chi connectivity index (χ0v) is 83.0. The maximum absolute atomic E-state index is 13.6. The van der Waals surface area contributed by atoms with Gasteiger partial charge in [0, 0.05) is 99.9 Å². The van der Waals surface area contributed by atoms with Gasteiger partial charge in [-0.05, 0) is 221 Å². The van der Waals surface area contributed by atoms with Crippen LogP contribution in [-0.2, 0) is 14.4 Å². The Morgan fingerprint density at radius 3 is 1.32 bits per heavy atom. The molecule has 148 heavy (non-hydrogen) atoms. The van der Waals surface area contributed by atoms with Crippen molar-refractivity contribution < 1.29 is 14.4 Å². The lowest BCUT2D eigenvalue weighted by atomic mass is 9.94. The maximum atomic E-state index is 13.6. The first kappa shape index (κ1) is 105. The number of hydrogen-bond acceptors (Lipinski definition) is 28. The summed E-state index contributed by atoms with van der Waals surface area (Å²) in [6.07, 6.45) is 27.8. The van der Waals surface area contributed by atoms with Crippen LogP contribution in [0.25, 0.3) is 61.9 Å². The van der Waals surface area contributed by atoms with Gasteiger partial charge in [-0.1, -0.05) is 155 Å². The number of nitrogen functional groups attached to an aromatic ring is 5. The number of likely N-dealkylation sites (tertiary alicyclic amines) is 1. The van der Waals surface area contributed by atoms with Crippen molar-refractivity contribution in [1.82, 2.24) is 97.0 Å². The molecule has 754 valence electrons. The molecule has 17 aromatic rings. The van der Waals surface area contributed by atoms with E-state index in [4.69, 9.17) is 86.7 Å². The minimum atomic E-state index is -0.389. The molecule has 42 heteroatoms. The molecule has 4 aliphatic rings. The molecule has 37 nitrogen and oxygen atoms in total. The number of nitrogens with zero attached hydrogens (tertiary/aromatic N) is 26. The van der Waals surface area contributed by atoms with E-state index in [1.54, 1.807) is 157 Å². The number of halogens is 5. The molecule has 7 aromatic carbocycles. The molecule has 10 N–H and O–H groups in total. The number of hydrogen-bond donors (Lipinski definition) is 5. The number of nitrogens with two attached hydrogens (primary N) is 5. The van der Waals surface area contributed by atoms with Crippen molar-refractivity contribution in [3.63, 3.8) is 0 Å². The van der Waals surface area contributed by atoms with Crippen LogP contribution in [0.15, 0.2) is 327 Å². The highest BCUT2D eigenvalue weighted by Crippen LogP contribution is 2.52. The molecule has 2 fully saturated rings. The van der Waals surface area contributed by atoms with Gasteiger partial charge < -0.3 is 38.5 Å². The SMILES string of the molecule is C.C.C=C1N(c2ccccc2)c2ncnc(N)c2N1c1ccc(Cl)cc1.C=C1N(c2cccnc2)c2ncnc(N)c2N1c1ccc(Cl)cc1.C=CC(=O)N(C)c1cccc(-n2c(=O)n(-c3ccc(Cl)cc3)c3c(N)ncnc32)c1.CC/C=C/C(=O)N(C)c1ccc(-n2c(=O)n(-c3ccc(Cl)cc3)c3c(N)ncnc32)cn1.CN(C/C=C/C(=O)N1CCC(n2c(=O)n(-c3ccc(Cl)cc3)c3c(N)ncnc32)C1)C1CCCCC1. The van der Waals surface area contributed by atoms with E-state index in [-0.39, 0.29) is 73.1 Å². The Morgan fingerprint density at radius 1 is 0.419 bits per heavy atom. The molecule has 21 rings (SSSR count). The zero-order valence-electron chi connectivity index (χ0n) is 79.3. The van der Waals surface area contributed by atoms with Crippen molar-refractivity contribution in [2.24, 2.45) is 0 Å². The molecule has 0 bridgehead atoms. The van der Waals surface area contributed by atoms with E-state index in [1.807, 2.05) is 124 Å². The lowest BCUT2D eigenvalue weighted by Gasteiger charge is -2.30. The summed E-state index contributed by atoms with van der Waals surface area (Å²) in [6, 6.07) is 59.9. The van der Waals surface area contributed by atoms with Gasteiger partial charge in [-0.15, -0.1) is 0 Å². The molecule has 3 amide bonds. The molecule has 0 spiro atoms. The highest BCUT2D eigenvalue weighted by molar-refractivity contribution is 6.32. The van der Waals surface area contributed by atoms with Gasteiger partial charge in [0.1, 0.15) is 77.0 Å². The minimum absolute atomic E-state index is 0. The van der Waals surface area contributed by atoms with Gasteiger partial charge in [-0.25, -0.2) is 78.3 Å². The molecular weight excluding hydrogens is 1980 g/mol. The predicted molar refractivity (Wildman–Crippen MR) is 590 cm³/mol. The van der Waals surface area contributed by atoms with Gasteiger partial charge >= 0.3 is 17.1 Å². The third-order valence-corrected chi connectivity index (χ3v) is 26.0. The molecule has 1 atom stereocenters. The third-order valence-electron chi connectivity index (χ3n) is 24.7. The van der Waals surface area contributed by atoms with Crippen LogP contribution in [-0.4, -0.2) is 162 Å². The molecule has 3 aliphatic heterocycles. The molecule has 1 saturated carbocycles. The maximum Gasteiger partial charge on any atom is 0.339 e. The van der Waals surface area contributed by atoms with E-state index in [2.05, 4.69) is 91.5 Å². The third kappa shape index (κ3) is 21.6. The smallest absolute Gasteiger partial charge is 0.339 e. The fourth-order valence-corrected chi connectivity index (χ4v) is 18.1. The Morgan fingerprint density at radius 2 is 0.851 bits per heavy atom. The lowest BCUT2D eigenvalue weighted by molar-refractivity contribution is -0.125. The number of amides is 3. The summed E-state index contributed by atoms with van der Waals surface area (Å²) in [5.41, 5.74) is 40.3. The van der Waals surface area contributed by atoms with E-state index in [9.17, 15) is 28.8 Å². The zero-order chi connectivity index (χ0) is 103. The lowest BCUT2D eigenvalue weighted by Crippen LogP contribution is -2.34. The molecule has 13 heterocycles. The number of imidazole rings is 3. The van der Waals surface area contributed by atoms with Crippen molar-refractivity contribution in [3.05, 3.63) is 369 Å². The fourth-order valence-electron chi connectivity index (χ4n) is 17.5. The van der Waals surface area contributed by atoms with Gasteiger partial charge in [0.15, 0.2) is 57.7 Å². The van der Waals surface area contributed by atoms with Crippen LogP contribution < -0.4 is 75.1 Å². The van der Waals surface area contributed by atoms with E-state index in [0.29, 0.717) is 165 Å². The number of pyridine rings is 2. The molecule has 1 saturated heterocycles. The van der Waals surface area contributed by atoms with Gasteiger partial charge in [-0.3, -0.25) is 67.0 Å². The van der Waals surface area contributed by atoms with Crippen molar-refractivity contribution in [2.75, 3.05) is 98.8 Å². The van der Waals surface area contributed by atoms with E-state index in [1.165, 1.54) is 115 Å². The summed E-state index contributed by atoms with van der Waals surface area (Å²) >= 11 is 30.1. The second-order valence-corrected chi connectivity index (χ2v) is 35.9. The fraction of sp³-hybridized carbons (Fsp3) is 0.170. The molecule has 1 unspecified atom stereocenters. The number of benzene rings is 7. The summed E-state index contributed by atoms with van der Waals surface area (Å²) in [5.74, 6) is 4.07. The minimum Gasteiger partial charge on any atom is -0.382 e. The van der Waals surface area contributed by atoms with E-state index >= 15 is 0 Å². The number of aromatic nitrogens is 18. The molecule has 0 radical (unpaired) electrons. The van der Waals surface area contributed by atoms with E-state index in [0.717, 1.165) is 41.5 Å². The highest BCUT2D eigenvalue weighted by atomic mass is 35.5. The Bertz CT molecular complexity index is 7870. The van der Waals surface area contributed by atoms with Crippen LogP contribution in [0.3, 0.4) is 0 Å². The van der Waals surface area contributed by atoms with Crippen LogP contribution in [0.2, 0.25) is 25.1 Å². The molecule has 1 aliphatic carbocycles. The van der Waals surface area contributed by atoms with E-state index < -0.39 is 0 Å². The van der Waals surface area contributed by atoms with Crippen LogP contribution >= 0.6 is 58.0 Å². The van der Waals surface area contributed by atoms with Crippen molar-refractivity contribution in [2.45, 2.75) is 78.8 Å². The van der Waals surface area contributed by atoms with Gasteiger partial charge in [-0.2, -0.15) is 0 Å². The molecule has 10 aromatic heterocycles. The topological polar surface area (TPSA) is 443 Å². The van der Waals surface area contributed by atoms with Crippen LogP contribution in [0.4, 0.5) is 86.4 Å². The predicted octanol–water partition coefficient (Wildman–Crippen LogP) is 19.1. The number of carbonyl (C=O) groups is 3. The summed E-state index contributed by atoms with van der Waals surface area (Å²) < 4.78 is 8.87. The van der Waals surface area contributed by atoms with Gasteiger partial charge in [0.05, 0.1) is 52.6 Å². The Hall–Kier alpha value is -17.2. The van der Waals surface area contributed by atoms with Crippen LogP contribution in [0, 0.1) is 0 Å². The van der Waals surface area contributed by atoms with Crippen LogP contribution in [0.1, 0.15) is 72.8 Å². The standard InChI is InChI=1S/C26H32ClN7O2.C22H20ClN7O2.C21H17ClN6O2.C18H14ClN5.C17H13ClN6.2CH4/c1-31(19-6-3-2-4-7-19)14-5-8-22(35)32-15-13-21(16-32)34-25-23(24(28)29-17-30-25)33(26(34)36)20-11-9-18(27)10-12-20;1-3-4-5-18(31)28(2)17-11-10-16(12-25-17)30-21-19(20(24)26-13-27-21)29(22(30)32)15-8-6-14(23)7-9-15;1-3-17(29)26(2)15-5-4-6-16(11-15)28-20-18(19(23)24-12-25-20)27(21(28)30)14-9-7-13(22)8-10-14;1-12-23(15-9-7-13(19)8-10-15)16-17(20)21-11-22-18(16)24(12)14-5-3-2-4-6-14;1-11-23(13-6-4-12(18)5-7-13)15-16(19)21-10-22-17(15)24(11)14-3-2-8-20-9-14;;/h5,8-12,17,19,21H,2-4,6-7,13-16H2,1H3,(H2,28,29,30);4-13H,3H2,1-2H3,(H2,24,26,27);3-12H,1H2,2H3,(H2,23,24,25);2-11H,1H2,(H2,20,21,22);2-10H,1H2,(H2,19,21,22);2*1H4/b8-5+;5-4+;;;;;. The number of anilines is 15. The normalized spacial score (nSPS) is 13.6. The number of likely N-dealkylation sites (N-methyl/N-ethyl adjacent to an activating group) is 3. The second-order valence-electron chi connectivity index (χ2n) is 33.7. The number of rotatable bonds is 19.